The molecule has 0 aliphatic heterocycles. The van der Waals surface area contributed by atoms with Crippen LogP contribution in [0.3, 0.4) is 0 Å². The minimum Gasteiger partial charge on any atom is -0.450 e. The highest BCUT2D eigenvalue weighted by Gasteiger charge is 1.97. The Kier molecular flexibility index (Phi) is 9.92. The summed E-state index contributed by atoms with van der Waals surface area (Å²) in [6.45, 7) is 4.92. The van der Waals surface area contributed by atoms with Crippen molar-refractivity contribution in [1.29, 1.82) is 0 Å². The number of carbonyl (C=O) groups is 1. The van der Waals surface area contributed by atoms with Gasteiger partial charge in [0.1, 0.15) is 4.11 Å². The highest BCUT2D eigenvalue weighted by atomic mass is 127. The molecule has 0 saturated carbocycles. The van der Waals surface area contributed by atoms with Gasteiger partial charge in [-0.1, -0.05) is 0 Å². The Morgan fingerprint density at radius 1 is 1.45 bits per heavy atom. The second-order valence-electron chi connectivity index (χ2n) is 1.98. The van der Waals surface area contributed by atoms with Crippen molar-refractivity contribution >= 4 is 28.7 Å². The van der Waals surface area contributed by atoms with E-state index in [4.69, 9.17) is 5.11 Å². The summed E-state index contributed by atoms with van der Waals surface area (Å²) in [6, 6.07) is 0. The Hall–Kier alpha value is -0.0400. The molecule has 0 aromatic heterocycles. The fourth-order valence-corrected chi connectivity index (χ4v) is 0.202. The molecular weight excluding hydrogens is 263 g/mol. The summed E-state index contributed by atoms with van der Waals surface area (Å²) >= 11 is 1.79. The minimum absolute atomic E-state index is 0.225. The smallest absolute Gasteiger partial charge is 0.450 e. The van der Waals surface area contributed by atoms with Crippen molar-refractivity contribution in [2.75, 3.05) is 0 Å². The first-order valence-corrected chi connectivity index (χ1v) is 4.30. The predicted molar refractivity (Wildman–Crippen MR) is 48.4 cm³/mol. The molecule has 0 rings (SSSR count). The molecule has 4 nitrogen and oxygen atoms in total. The van der Waals surface area contributed by atoms with E-state index in [9.17, 15) is 9.90 Å². The van der Waals surface area contributed by atoms with Crippen LogP contribution in [0.5, 0.6) is 0 Å². The fourth-order valence-electron chi connectivity index (χ4n) is 0.202. The lowest BCUT2D eigenvalue weighted by atomic mass is 10.5. The van der Waals surface area contributed by atoms with Gasteiger partial charge in [-0.05, 0) is 43.4 Å². The molecule has 0 heterocycles. The molecule has 0 aromatic rings. The molecule has 0 aromatic carbocycles. The van der Waals surface area contributed by atoms with Crippen LogP contribution in [0.1, 0.15) is 20.8 Å². The van der Waals surface area contributed by atoms with Gasteiger partial charge in [0.15, 0.2) is 0 Å². The Bertz CT molecular complexity index is 100. The van der Waals surface area contributed by atoms with Crippen LogP contribution in [0, 0.1) is 0 Å². The molecule has 0 spiro atoms. The Labute approximate surface area is 79.7 Å². The zero-order chi connectivity index (χ0) is 9.44. The van der Waals surface area contributed by atoms with Crippen LogP contribution in [0.15, 0.2) is 0 Å². The van der Waals surface area contributed by atoms with E-state index in [1.165, 1.54) is 0 Å². The highest BCUT2D eigenvalue weighted by molar-refractivity contribution is 14.1. The molecule has 11 heavy (non-hydrogen) atoms. The van der Waals surface area contributed by atoms with Gasteiger partial charge < -0.3 is 9.84 Å². The van der Waals surface area contributed by atoms with Crippen LogP contribution in [-0.4, -0.2) is 21.5 Å². The quantitative estimate of drug-likeness (QED) is 0.453. The van der Waals surface area contributed by atoms with Gasteiger partial charge in [-0.3, -0.25) is 0 Å². The van der Waals surface area contributed by atoms with E-state index in [1.54, 1.807) is 43.4 Å². The lowest BCUT2D eigenvalue weighted by Crippen LogP contribution is -2.07. The molecule has 0 bridgehead atoms. The van der Waals surface area contributed by atoms with E-state index in [0.29, 0.717) is 0 Å². The average Bonchev–Trinajstić information content (AvgIpc) is 1.56. The standard InChI is InChI=1S/C4H8O3.C2H4IO/c1-3(2)7-4(5)6;1-2(3)4/h3H,1-2H3,(H,5,6);2H,1H3. The van der Waals surface area contributed by atoms with Gasteiger partial charge in [-0.15, -0.1) is 0 Å². The van der Waals surface area contributed by atoms with Gasteiger partial charge >= 0.3 is 6.16 Å². The number of hydrogen-bond donors (Lipinski definition) is 1. The molecule has 0 saturated heterocycles. The molecule has 1 unspecified atom stereocenters. The maximum atomic E-state index is 9.59. The average molecular weight is 275 g/mol. The van der Waals surface area contributed by atoms with Crippen LogP contribution < -0.4 is 0 Å². The lowest BCUT2D eigenvalue weighted by Gasteiger charge is -1.99. The van der Waals surface area contributed by atoms with Gasteiger partial charge in [0.2, 0.25) is 0 Å². The summed E-state index contributed by atoms with van der Waals surface area (Å²) in [5, 5.41) is 17.4. The third-order valence-corrected chi connectivity index (χ3v) is 0.337. The SMILES string of the molecule is CC(C)OC(=O)O.CC([O])I. The maximum absolute atomic E-state index is 9.59. The van der Waals surface area contributed by atoms with Crippen molar-refractivity contribution < 1.29 is 19.7 Å². The molecule has 67 valence electrons. The molecule has 5 heteroatoms. The van der Waals surface area contributed by atoms with Gasteiger partial charge in [-0.25, -0.2) is 9.90 Å². The van der Waals surface area contributed by atoms with E-state index < -0.39 is 10.3 Å². The van der Waals surface area contributed by atoms with E-state index in [-0.39, 0.29) is 6.10 Å². The van der Waals surface area contributed by atoms with Crippen molar-refractivity contribution in [3.8, 4) is 0 Å². The monoisotopic (exact) mass is 275 g/mol. The van der Waals surface area contributed by atoms with E-state index in [2.05, 4.69) is 4.74 Å². The van der Waals surface area contributed by atoms with Crippen LogP contribution in [0.2, 0.25) is 0 Å². The van der Waals surface area contributed by atoms with Crippen LogP contribution in [0.25, 0.3) is 0 Å². The zero-order valence-corrected chi connectivity index (χ0v) is 8.86. The third kappa shape index (κ3) is 40.2. The Balaban J connectivity index is 0. The largest absolute Gasteiger partial charge is 0.506 e. The third-order valence-electron chi connectivity index (χ3n) is 0.337. The molecule has 0 fully saturated rings. The summed E-state index contributed by atoms with van der Waals surface area (Å²) in [4.78, 5) is 9.59. The Morgan fingerprint density at radius 2 is 1.73 bits per heavy atom. The van der Waals surface area contributed by atoms with Crippen LogP contribution in [0.4, 0.5) is 4.79 Å². The summed E-state index contributed by atoms with van der Waals surface area (Å²) in [5.41, 5.74) is 0. The molecule has 0 aliphatic carbocycles. The summed E-state index contributed by atoms with van der Waals surface area (Å²) in [5.74, 6) is 0. The fraction of sp³-hybridized carbons (Fsp3) is 0.833. The molecular formula is C6H12IO4. The molecule has 1 atom stereocenters. The molecule has 0 aliphatic rings. The number of rotatable bonds is 1. The Morgan fingerprint density at radius 3 is 1.73 bits per heavy atom. The molecule has 1 N–H and O–H groups in total. The number of alkyl halides is 1. The van der Waals surface area contributed by atoms with Gasteiger partial charge in [0.25, 0.3) is 0 Å². The van der Waals surface area contributed by atoms with E-state index in [1.807, 2.05) is 0 Å². The maximum Gasteiger partial charge on any atom is 0.506 e. The van der Waals surface area contributed by atoms with Crippen LogP contribution >= 0.6 is 22.6 Å². The van der Waals surface area contributed by atoms with Crippen LogP contribution in [-0.2, 0) is 9.84 Å². The van der Waals surface area contributed by atoms with Gasteiger partial charge in [-0.2, -0.15) is 0 Å². The summed E-state index contributed by atoms with van der Waals surface area (Å²) in [7, 11) is 0. The first-order chi connectivity index (χ1) is 4.86. The van der Waals surface area contributed by atoms with Crippen molar-refractivity contribution in [2.24, 2.45) is 0 Å². The van der Waals surface area contributed by atoms with Crippen molar-refractivity contribution in [2.45, 2.75) is 31.0 Å². The second kappa shape index (κ2) is 8.06. The molecule has 0 amide bonds. The predicted octanol–water partition coefficient (Wildman–Crippen LogP) is 2.29. The van der Waals surface area contributed by atoms with Crippen molar-refractivity contribution in [1.82, 2.24) is 0 Å². The number of ether oxygens (including phenoxy) is 1. The minimum atomic E-state index is -1.21. The highest BCUT2D eigenvalue weighted by Crippen LogP contribution is 1.88. The molecule has 1 radical (unpaired) electrons. The number of hydrogen-bond acceptors (Lipinski definition) is 2. The van der Waals surface area contributed by atoms with Gasteiger partial charge in [0.05, 0.1) is 6.10 Å². The first-order valence-electron chi connectivity index (χ1n) is 3.05. The number of halogens is 1. The first kappa shape index (κ1) is 13.5. The van der Waals surface area contributed by atoms with E-state index >= 15 is 0 Å². The number of carboxylic acid groups (broad SMARTS) is 1. The summed E-state index contributed by atoms with van der Waals surface area (Å²) < 4.78 is 3.72. The van der Waals surface area contributed by atoms with E-state index in [0.717, 1.165) is 0 Å². The van der Waals surface area contributed by atoms with Gasteiger partial charge in [0, 0.05) is 0 Å². The zero-order valence-electron chi connectivity index (χ0n) is 6.70. The second-order valence-corrected chi connectivity index (χ2v) is 3.73. The lowest BCUT2D eigenvalue weighted by molar-refractivity contribution is 0.0660. The van der Waals surface area contributed by atoms with Crippen molar-refractivity contribution in [3.63, 3.8) is 0 Å². The van der Waals surface area contributed by atoms with Crippen molar-refractivity contribution in [3.05, 3.63) is 0 Å². The summed E-state index contributed by atoms with van der Waals surface area (Å²) in [6.07, 6.45) is -1.44. The topological polar surface area (TPSA) is 66.4 Å². The normalized spacial score (nSPS) is 11.5.